The molecule has 2 aromatic rings. The van der Waals surface area contributed by atoms with E-state index in [4.69, 9.17) is 0 Å². The van der Waals surface area contributed by atoms with Gasteiger partial charge in [-0.2, -0.15) is 5.10 Å². The number of hydrogen-bond donors (Lipinski definition) is 1. The van der Waals surface area contributed by atoms with Crippen LogP contribution in [0.2, 0.25) is 0 Å². The summed E-state index contributed by atoms with van der Waals surface area (Å²) in [5.74, 6) is 0.906. The number of rotatable bonds is 5. The van der Waals surface area contributed by atoms with Crippen LogP contribution in [0.1, 0.15) is 28.9 Å². The highest BCUT2D eigenvalue weighted by Crippen LogP contribution is 2.22. The van der Waals surface area contributed by atoms with Gasteiger partial charge in [0.2, 0.25) is 0 Å². The van der Waals surface area contributed by atoms with Gasteiger partial charge in [-0.05, 0) is 36.0 Å². The van der Waals surface area contributed by atoms with Crippen molar-refractivity contribution >= 4 is 0 Å². The van der Waals surface area contributed by atoms with Crippen molar-refractivity contribution in [1.82, 2.24) is 20.1 Å². The van der Waals surface area contributed by atoms with E-state index in [1.165, 1.54) is 24.8 Å². The molecule has 0 bridgehead atoms. The number of fused-ring (bicyclic) bond motifs is 1. The Morgan fingerprint density at radius 3 is 3.00 bits per heavy atom. The van der Waals surface area contributed by atoms with Crippen molar-refractivity contribution in [2.45, 2.75) is 32.2 Å². The average Bonchev–Trinajstić information content (AvgIpc) is 3.03. The number of aromatic nitrogens is 3. The maximum absolute atomic E-state index is 4.27. The van der Waals surface area contributed by atoms with Gasteiger partial charge in [0.25, 0.3) is 0 Å². The summed E-state index contributed by atoms with van der Waals surface area (Å²) in [6.45, 7) is 1.85. The van der Waals surface area contributed by atoms with Crippen molar-refractivity contribution in [3.05, 3.63) is 47.0 Å². The van der Waals surface area contributed by atoms with Gasteiger partial charge < -0.3 is 5.32 Å². The van der Waals surface area contributed by atoms with E-state index in [-0.39, 0.29) is 0 Å². The lowest BCUT2D eigenvalue weighted by molar-refractivity contribution is 0.661. The van der Waals surface area contributed by atoms with E-state index in [9.17, 15) is 0 Å². The number of hydrogen-bond acceptors (Lipinski definition) is 3. The summed E-state index contributed by atoms with van der Waals surface area (Å²) in [4.78, 5) is 4.22. The maximum Gasteiger partial charge on any atom is 0.151 e. The van der Waals surface area contributed by atoms with E-state index < -0.39 is 0 Å². The molecule has 0 fully saturated rings. The van der Waals surface area contributed by atoms with Crippen LogP contribution in [0.5, 0.6) is 0 Å². The first-order valence-corrected chi connectivity index (χ1v) is 6.97. The summed E-state index contributed by atoms with van der Waals surface area (Å²) in [5, 5.41) is 7.73. The molecule has 0 aliphatic heterocycles. The molecular formula is C15H20N4. The molecule has 0 saturated carbocycles. The predicted molar refractivity (Wildman–Crippen MR) is 74.9 cm³/mol. The van der Waals surface area contributed by atoms with Crippen LogP contribution in [-0.4, -0.2) is 21.3 Å². The largest absolute Gasteiger partial charge is 0.312 e. The Hall–Kier alpha value is -1.68. The number of aryl methyl sites for hydroxylation is 3. The lowest BCUT2D eigenvalue weighted by Gasteiger charge is -2.06. The monoisotopic (exact) mass is 256 g/mol. The fraction of sp³-hybridized carbons (Fsp3) is 0.467. The minimum Gasteiger partial charge on any atom is -0.312 e. The van der Waals surface area contributed by atoms with Crippen molar-refractivity contribution in [3.63, 3.8) is 0 Å². The summed E-state index contributed by atoms with van der Waals surface area (Å²) in [6, 6.07) is 6.89. The van der Waals surface area contributed by atoms with Crippen molar-refractivity contribution < 1.29 is 0 Å². The molecule has 3 rings (SSSR count). The third-order valence-electron chi connectivity index (χ3n) is 3.66. The van der Waals surface area contributed by atoms with E-state index in [1.54, 1.807) is 22.1 Å². The molecule has 1 N–H and O–H groups in total. The van der Waals surface area contributed by atoms with Crippen LogP contribution in [0.15, 0.2) is 24.5 Å². The first-order valence-electron chi connectivity index (χ1n) is 6.97. The third kappa shape index (κ3) is 3.01. The van der Waals surface area contributed by atoms with Gasteiger partial charge in [-0.3, -0.25) is 4.68 Å². The van der Waals surface area contributed by atoms with Crippen molar-refractivity contribution in [2.75, 3.05) is 6.54 Å². The molecule has 0 amide bonds. The average molecular weight is 256 g/mol. The van der Waals surface area contributed by atoms with E-state index in [1.807, 2.05) is 7.05 Å². The second-order valence-corrected chi connectivity index (χ2v) is 5.22. The van der Waals surface area contributed by atoms with Gasteiger partial charge in [0.15, 0.2) is 5.82 Å². The third-order valence-corrected chi connectivity index (χ3v) is 3.66. The summed E-state index contributed by atoms with van der Waals surface area (Å²) in [5.41, 5.74) is 4.47. The highest BCUT2D eigenvalue weighted by molar-refractivity contribution is 5.35. The van der Waals surface area contributed by atoms with Gasteiger partial charge in [-0.1, -0.05) is 18.2 Å². The summed E-state index contributed by atoms with van der Waals surface area (Å²) < 4.78 is 1.75. The van der Waals surface area contributed by atoms with Gasteiger partial charge in [-0.15, -0.1) is 0 Å². The SMILES string of the molecule is Cn1cnc(CCNCc2ccc3c(c2)CCC3)n1. The highest BCUT2D eigenvalue weighted by Gasteiger charge is 2.10. The molecule has 100 valence electrons. The molecule has 0 radical (unpaired) electrons. The molecule has 0 spiro atoms. The molecule has 4 heteroatoms. The fourth-order valence-corrected chi connectivity index (χ4v) is 2.67. The maximum atomic E-state index is 4.27. The Morgan fingerprint density at radius 2 is 2.16 bits per heavy atom. The Labute approximate surface area is 113 Å². The Balaban J connectivity index is 1.47. The van der Waals surface area contributed by atoms with Crippen LogP contribution in [0.3, 0.4) is 0 Å². The van der Waals surface area contributed by atoms with Crippen LogP contribution >= 0.6 is 0 Å². The molecule has 1 aromatic carbocycles. The fourth-order valence-electron chi connectivity index (χ4n) is 2.67. The van der Waals surface area contributed by atoms with Gasteiger partial charge >= 0.3 is 0 Å². The summed E-state index contributed by atoms with van der Waals surface area (Å²) in [7, 11) is 1.90. The van der Waals surface area contributed by atoms with Crippen molar-refractivity contribution in [2.24, 2.45) is 7.05 Å². The molecular weight excluding hydrogens is 236 g/mol. The molecule has 1 aromatic heterocycles. The molecule has 0 saturated heterocycles. The quantitative estimate of drug-likeness (QED) is 0.827. The number of nitrogens with one attached hydrogen (secondary N) is 1. The Kier molecular flexibility index (Phi) is 3.60. The van der Waals surface area contributed by atoms with E-state index in [0.29, 0.717) is 0 Å². The zero-order valence-electron chi connectivity index (χ0n) is 11.4. The molecule has 0 unspecified atom stereocenters. The zero-order chi connectivity index (χ0) is 13.1. The smallest absolute Gasteiger partial charge is 0.151 e. The van der Waals surface area contributed by atoms with Crippen LogP contribution < -0.4 is 5.32 Å². The molecule has 19 heavy (non-hydrogen) atoms. The normalized spacial score (nSPS) is 13.7. The lowest BCUT2D eigenvalue weighted by atomic mass is 10.1. The molecule has 0 atom stereocenters. The summed E-state index contributed by atoms with van der Waals surface area (Å²) in [6.07, 6.45) is 6.45. The second-order valence-electron chi connectivity index (χ2n) is 5.22. The summed E-state index contributed by atoms with van der Waals surface area (Å²) >= 11 is 0. The van der Waals surface area contributed by atoms with Gasteiger partial charge in [-0.25, -0.2) is 4.98 Å². The van der Waals surface area contributed by atoms with Crippen LogP contribution in [0, 0.1) is 0 Å². The number of nitrogens with zero attached hydrogens (tertiary/aromatic N) is 3. The number of benzene rings is 1. The minimum absolute atomic E-state index is 0.881. The minimum atomic E-state index is 0.881. The topological polar surface area (TPSA) is 42.7 Å². The second kappa shape index (κ2) is 5.53. The molecule has 1 aliphatic rings. The highest BCUT2D eigenvalue weighted by atomic mass is 15.3. The van der Waals surface area contributed by atoms with Gasteiger partial charge in [0, 0.05) is 26.6 Å². The molecule has 1 aliphatic carbocycles. The first-order chi connectivity index (χ1) is 9.31. The Morgan fingerprint density at radius 1 is 1.26 bits per heavy atom. The van der Waals surface area contributed by atoms with Crippen molar-refractivity contribution in [1.29, 1.82) is 0 Å². The lowest BCUT2D eigenvalue weighted by Crippen LogP contribution is -2.17. The van der Waals surface area contributed by atoms with Crippen LogP contribution in [0.25, 0.3) is 0 Å². The molecule has 4 nitrogen and oxygen atoms in total. The standard InChI is InChI=1S/C15H20N4/c1-19-11-17-15(18-19)7-8-16-10-12-5-6-13-3-2-4-14(13)9-12/h5-6,9,11,16H,2-4,7-8,10H2,1H3. The van der Waals surface area contributed by atoms with E-state index in [2.05, 4.69) is 33.6 Å². The predicted octanol–water partition coefficient (Wildman–Crippen LogP) is 1.64. The van der Waals surface area contributed by atoms with E-state index in [0.717, 1.165) is 25.3 Å². The van der Waals surface area contributed by atoms with Crippen LogP contribution in [-0.2, 0) is 32.9 Å². The van der Waals surface area contributed by atoms with Crippen molar-refractivity contribution in [3.8, 4) is 0 Å². The Bertz CT molecular complexity index is 559. The first kappa shape index (κ1) is 12.4. The van der Waals surface area contributed by atoms with Gasteiger partial charge in [0.05, 0.1) is 0 Å². The van der Waals surface area contributed by atoms with Gasteiger partial charge in [0.1, 0.15) is 6.33 Å². The van der Waals surface area contributed by atoms with Crippen LogP contribution in [0.4, 0.5) is 0 Å². The molecule has 1 heterocycles. The zero-order valence-corrected chi connectivity index (χ0v) is 11.4. The van der Waals surface area contributed by atoms with E-state index >= 15 is 0 Å².